The third-order valence-electron chi connectivity index (χ3n) is 5.55. The molecule has 0 unspecified atom stereocenters. The van der Waals surface area contributed by atoms with Gasteiger partial charge in [0.2, 0.25) is 5.91 Å². The fourth-order valence-corrected chi connectivity index (χ4v) is 4.05. The van der Waals surface area contributed by atoms with Gasteiger partial charge in [-0.25, -0.2) is 4.39 Å². The molecule has 1 aromatic rings. The van der Waals surface area contributed by atoms with E-state index in [1.807, 2.05) is 50.3 Å². The van der Waals surface area contributed by atoms with Gasteiger partial charge in [-0.05, 0) is 68.5 Å². The second-order valence-corrected chi connectivity index (χ2v) is 7.38. The quantitative estimate of drug-likeness (QED) is 0.507. The number of rotatable bonds is 7. The molecule has 1 fully saturated rings. The van der Waals surface area contributed by atoms with Crippen molar-refractivity contribution in [2.24, 2.45) is 5.92 Å². The lowest BCUT2D eigenvalue weighted by atomic mass is 9.77. The van der Waals surface area contributed by atoms with Crippen molar-refractivity contribution in [2.45, 2.75) is 45.3 Å². The molecular formula is C25H28FNO2. The summed E-state index contributed by atoms with van der Waals surface area (Å²) >= 11 is 0. The highest BCUT2D eigenvalue weighted by molar-refractivity contribution is 6.04. The summed E-state index contributed by atoms with van der Waals surface area (Å²) in [5.74, 6) is -0.482. The maximum atomic E-state index is 13.4. The maximum Gasteiger partial charge on any atom is 0.233 e. The van der Waals surface area contributed by atoms with E-state index in [0.717, 1.165) is 17.6 Å². The Labute approximate surface area is 172 Å². The van der Waals surface area contributed by atoms with Crippen LogP contribution < -0.4 is 4.90 Å². The fourth-order valence-electron chi connectivity index (χ4n) is 4.05. The summed E-state index contributed by atoms with van der Waals surface area (Å²) < 4.78 is 13.4. The molecule has 0 aromatic heterocycles. The smallest absolute Gasteiger partial charge is 0.233 e. The summed E-state index contributed by atoms with van der Waals surface area (Å²) in [4.78, 5) is 14.8. The van der Waals surface area contributed by atoms with Crippen LogP contribution in [0.5, 0.6) is 0 Å². The Morgan fingerprint density at radius 3 is 2.69 bits per heavy atom. The number of aliphatic hydroxyl groups is 1. The molecule has 0 spiro atoms. The lowest BCUT2D eigenvalue weighted by Crippen LogP contribution is -2.62. The van der Waals surface area contributed by atoms with Crippen LogP contribution in [0.15, 0.2) is 84.0 Å². The predicted octanol–water partition coefficient (Wildman–Crippen LogP) is 5.26. The van der Waals surface area contributed by atoms with Crippen LogP contribution in [0.25, 0.3) is 0 Å². The highest BCUT2D eigenvalue weighted by Gasteiger charge is 2.48. The van der Waals surface area contributed by atoms with Crippen molar-refractivity contribution in [3.05, 3.63) is 89.8 Å². The maximum absolute atomic E-state index is 13.4. The Balaban J connectivity index is 1.81. The minimum Gasteiger partial charge on any atom is -0.388 e. The molecule has 1 aliphatic carbocycles. The molecule has 0 bridgehead atoms. The van der Waals surface area contributed by atoms with E-state index in [1.54, 1.807) is 17.0 Å². The molecule has 2 aliphatic rings. The van der Waals surface area contributed by atoms with Gasteiger partial charge in [-0.15, -0.1) is 0 Å². The monoisotopic (exact) mass is 393 g/mol. The van der Waals surface area contributed by atoms with Crippen LogP contribution in [0.3, 0.4) is 0 Å². The number of carbonyl (C=O) groups excluding carboxylic acids is 1. The standard InChI is InChI=1S/C25H28FNO2/c1-3-9-18(4-2)23(28)17-16-22-24(19-10-7-5-6-8-11-19)27(25(22)29)21-14-12-20(26)13-15-21/h3-10,12-15,22-24,28H,11,16-17H2,1-2H3/b9-3-,18-4+/t22-,23+,24-/m1/s1. The molecule has 3 atom stereocenters. The summed E-state index contributed by atoms with van der Waals surface area (Å²) in [7, 11) is 0. The Bertz CT molecular complexity index is 877. The van der Waals surface area contributed by atoms with Crippen LogP contribution in [-0.2, 0) is 4.79 Å². The molecule has 1 heterocycles. The minimum atomic E-state index is -0.590. The molecule has 4 heteroatoms. The fraction of sp³-hybridized carbons (Fsp3) is 0.320. The summed E-state index contributed by atoms with van der Waals surface area (Å²) in [6.07, 6.45) is 17.1. The third-order valence-corrected chi connectivity index (χ3v) is 5.55. The summed E-state index contributed by atoms with van der Waals surface area (Å²) in [5.41, 5.74) is 2.73. The van der Waals surface area contributed by atoms with Gasteiger partial charge < -0.3 is 10.0 Å². The first-order chi connectivity index (χ1) is 14.1. The van der Waals surface area contributed by atoms with Crippen molar-refractivity contribution in [1.82, 2.24) is 0 Å². The molecule has 1 aliphatic heterocycles. The zero-order chi connectivity index (χ0) is 20.8. The molecular weight excluding hydrogens is 365 g/mol. The van der Waals surface area contributed by atoms with E-state index in [-0.39, 0.29) is 23.7 Å². The molecule has 0 saturated carbocycles. The topological polar surface area (TPSA) is 40.5 Å². The number of hydrogen-bond acceptors (Lipinski definition) is 2. The molecule has 3 rings (SSSR count). The lowest BCUT2D eigenvalue weighted by Gasteiger charge is -2.48. The largest absolute Gasteiger partial charge is 0.388 e. The normalized spacial score (nSPS) is 23.2. The molecule has 1 saturated heterocycles. The molecule has 29 heavy (non-hydrogen) atoms. The summed E-state index contributed by atoms with van der Waals surface area (Å²) in [6, 6.07) is 5.99. The van der Waals surface area contributed by atoms with E-state index in [4.69, 9.17) is 0 Å². The van der Waals surface area contributed by atoms with Crippen molar-refractivity contribution in [3.8, 4) is 0 Å². The van der Waals surface area contributed by atoms with E-state index in [1.165, 1.54) is 12.1 Å². The van der Waals surface area contributed by atoms with Gasteiger partial charge in [0.05, 0.1) is 18.1 Å². The van der Waals surface area contributed by atoms with Crippen LogP contribution in [0.2, 0.25) is 0 Å². The van der Waals surface area contributed by atoms with Crippen molar-refractivity contribution < 1.29 is 14.3 Å². The van der Waals surface area contributed by atoms with Crippen molar-refractivity contribution in [1.29, 1.82) is 0 Å². The van der Waals surface area contributed by atoms with Gasteiger partial charge in [0, 0.05) is 5.69 Å². The second-order valence-electron chi connectivity index (χ2n) is 7.38. The van der Waals surface area contributed by atoms with Gasteiger partial charge in [0.25, 0.3) is 0 Å². The number of halogens is 1. The first kappa shape index (κ1) is 21.0. The van der Waals surface area contributed by atoms with E-state index < -0.39 is 6.10 Å². The number of anilines is 1. The Morgan fingerprint density at radius 1 is 1.24 bits per heavy atom. The minimum absolute atomic E-state index is 0.0278. The number of allylic oxidation sites excluding steroid dienone is 7. The molecule has 0 radical (unpaired) electrons. The zero-order valence-electron chi connectivity index (χ0n) is 17.0. The molecule has 3 nitrogen and oxygen atoms in total. The predicted molar refractivity (Wildman–Crippen MR) is 116 cm³/mol. The average molecular weight is 394 g/mol. The first-order valence-corrected chi connectivity index (χ1v) is 10.1. The van der Waals surface area contributed by atoms with E-state index >= 15 is 0 Å². The molecule has 1 amide bonds. The number of aliphatic hydroxyl groups excluding tert-OH is 1. The van der Waals surface area contributed by atoms with Crippen LogP contribution >= 0.6 is 0 Å². The second kappa shape index (κ2) is 9.66. The number of amides is 1. The van der Waals surface area contributed by atoms with Gasteiger partial charge in [-0.3, -0.25) is 4.79 Å². The average Bonchev–Trinajstić information content (AvgIpc) is 3.00. The van der Waals surface area contributed by atoms with Gasteiger partial charge in [-0.1, -0.05) is 48.6 Å². The van der Waals surface area contributed by atoms with Crippen molar-refractivity contribution in [2.75, 3.05) is 4.90 Å². The van der Waals surface area contributed by atoms with E-state index in [0.29, 0.717) is 18.5 Å². The van der Waals surface area contributed by atoms with Gasteiger partial charge in [0.1, 0.15) is 5.82 Å². The van der Waals surface area contributed by atoms with Gasteiger partial charge in [0.15, 0.2) is 0 Å². The lowest BCUT2D eigenvalue weighted by molar-refractivity contribution is -0.129. The third kappa shape index (κ3) is 4.65. The van der Waals surface area contributed by atoms with Crippen molar-refractivity contribution >= 4 is 11.6 Å². The number of nitrogens with zero attached hydrogens (tertiary/aromatic N) is 1. The van der Waals surface area contributed by atoms with Crippen LogP contribution in [0, 0.1) is 11.7 Å². The summed E-state index contributed by atoms with van der Waals surface area (Å²) in [6.45, 7) is 3.82. The Morgan fingerprint density at radius 2 is 2.00 bits per heavy atom. The molecule has 152 valence electrons. The Kier molecular flexibility index (Phi) is 6.99. The number of benzene rings is 1. The number of β-lactam (4-membered cyclic amide) rings is 1. The van der Waals surface area contributed by atoms with Crippen LogP contribution in [0.1, 0.15) is 33.1 Å². The first-order valence-electron chi connectivity index (χ1n) is 10.1. The van der Waals surface area contributed by atoms with E-state index in [2.05, 4.69) is 12.2 Å². The Hall–Kier alpha value is -2.72. The highest BCUT2D eigenvalue weighted by atomic mass is 19.1. The zero-order valence-corrected chi connectivity index (χ0v) is 17.0. The SMILES string of the molecule is C/C=C\C(=C/C)[C@@H](O)CC[C@H]1C(=O)N(c2ccc(F)cc2)[C@@H]1C1=CC=CC=CC1. The summed E-state index contributed by atoms with van der Waals surface area (Å²) in [5, 5.41) is 10.5. The number of carbonyl (C=O) groups is 1. The molecule has 1 aromatic carbocycles. The van der Waals surface area contributed by atoms with Gasteiger partial charge in [-0.2, -0.15) is 0 Å². The van der Waals surface area contributed by atoms with Crippen molar-refractivity contribution in [3.63, 3.8) is 0 Å². The van der Waals surface area contributed by atoms with E-state index in [9.17, 15) is 14.3 Å². The number of hydrogen-bond donors (Lipinski definition) is 1. The molecule has 1 N–H and O–H groups in total. The van der Waals surface area contributed by atoms with Gasteiger partial charge >= 0.3 is 0 Å². The highest BCUT2D eigenvalue weighted by Crippen LogP contribution is 2.41. The van der Waals surface area contributed by atoms with Crippen LogP contribution in [-0.4, -0.2) is 23.2 Å². The van der Waals surface area contributed by atoms with Crippen LogP contribution in [0.4, 0.5) is 10.1 Å².